The lowest BCUT2D eigenvalue weighted by Gasteiger charge is -2.12. The van der Waals surface area contributed by atoms with Crippen LogP contribution in [0.25, 0.3) is 10.9 Å². The Balaban J connectivity index is 2.03. The van der Waals surface area contributed by atoms with E-state index in [0.717, 1.165) is 0 Å². The van der Waals surface area contributed by atoms with E-state index in [1.54, 1.807) is 23.1 Å². The molecule has 0 unspecified atom stereocenters. The third-order valence-corrected chi connectivity index (χ3v) is 3.13. The quantitative estimate of drug-likeness (QED) is 0.740. The molecule has 112 valence electrons. The van der Waals surface area contributed by atoms with Gasteiger partial charge in [-0.25, -0.2) is 4.98 Å². The predicted molar refractivity (Wildman–Crippen MR) is 83.7 cm³/mol. The van der Waals surface area contributed by atoms with Crippen LogP contribution in [-0.2, 0) is 6.54 Å². The number of benzene rings is 1. The Kier molecular flexibility index (Phi) is 3.42. The van der Waals surface area contributed by atoms with Crippen molar-refractivity contribution < 1.29 is 0 Å². The second-order valence-corrected chi connectivity index (χ2v) is 5.00. The molecule has 0 aliphatic rings. The number of para-hydroxylation sites is 1. The van der Waals surface area contributed by atoms with E-state index in [9.17, 15) is 4.79 Å². The molecule has 0 atom stereocenters. The summed E-state index contributed by atoms with van der Waals surface area (Å²) < 4.78 is 1.45. The summed E-state index contributed by atoms with van der Waals surface area (Å²) in [6.45, 7) is 0.185. The normalized spacial score (nSPS) is 10.8. The Morgan fingerprint density at radius 3 is 2.73 bits per heavy atom. The topological polar surface area (TPSA) is 103 Å². The molecule has 2 aromatic heterocycles. The Morgan fingerprint density at radius 1 is 1.18 bits per heavy atom. The van der Waals surface area contributed by atoms with Crippen molar-refractivity contribution in [1.29, 1.82) is 0 Å². The van der Waals surface area contributed by atoms with Gasteiger partial charge in [0.2, 0.25) is 11.9 Å². The number of anilines is 2. The van der Waals surface area contributed by atoms with Gasteiger partial charge in [-0.05, 0) is 12.1 Å². The van der Waals surface area contributed by atoms with Gasteiger partial charge in [-0.2, -0.15) is 15.0 Å². The highest BCUT2D eigenvalue weighted by Gasteiger charge is 2.09. The number of nitrogen functional groups attached to an aromatic ring is 1. The summed E-state index contributed by atoms with van der Waals surface area (Å²) in [5.74, 6) is 0.982. The van der Waals surface area contributed by atoms with Crippen LogP contribution in [0.3, 0.4) is 0 Å². The standard InChI is InChI=1S/C14H15N7O/c1-20(2)14-18-11(17-13(15)19-14)7-21-8-16-10-6-4-3-5-9(10)12(21)22/h3-6,8H,7H2,1-2H3,(H2,15,17,18,19). The number of nitrogens with two attached hydrogens (primary N) is 1. The van der Waals surface area contributed by atoms with E-state index in [4.69, 9.17) is 5.73 Å². The summed E-state index contributed by atoms with van der Waals surface area (Å²) in [6, 6.07) is 7.19. The van der Waals surface area contributed by atoms with Gasteiger partial charge in [-0.1, -0.05) is 12.1 Å². The third-order valence-electron chi connectivity index (χ3n) is 3.13. The summed E-state index contributed by atoms with van der Waals surface area (Å²) in [6.07, 6.45) is 1.49. The molecule has 2 N–H and O–H groups in total. The van der Waals surface area contributed by atoms with E-state index in [1.807, 2.05) is 20.2 Å². The van der Waals surface area contributed by atoms with E-state index in [0.29, 0.717) is 22.7 Å². The first-order valence-electron chi connectivity index (χ1n) is 6.66. The van der Waals surface area contributed by atoms with Gasteiger partial charge in [-0.3, -0.25) is 9.36 Å². The highest BCUT2D eigenvalue weighted by atomic mass is 16.1. The maximum Gasteiger partial charge on any atom is 0.261 e. The minimum atomic E-state index is -0.143. The van der Waals surface area contributed by atoms with Gasteiger partial charge in [-0.15, -0.1) is 0 Å². The first-order chi connectivity index (χ1) is 10.5. The van der Waals surface area contributed by atoms with Crippen molar-refractivity contribution in [2.24, 2.45) is 0 Å². The zero-order chi connectivity index (χ0) is 15.7. The highest BCUT2D eigenvalue weighted by Crippen LogP contribution is 2.08. The van der Waals surface area contributed by atoms with Gasteiger partial charge in [0.15, 0.2) is 5.82 Å². The number of rotatable bonds is 3. The Bertz CT molecular complexity index is 888. The molecule has 3 rings (SSSR count). The fourth-order valence-corrected chi connectivity index (χ4v) is 2.07. The molecule has 0 radical (unpaired) electrons. The van der Waals surface area contributed by atoms with Crippen LogP contribution in [0.5, 0.6) is 0 Å². The van der Waals surface area contributed by atoms with Crippen molar-refractivity contribution in [3.63, 3.8) is 0 Å². The van der Waals surface area contributed by atoms with Crippen LogP contribution in [0, 0.1) is 0 Å². The van der Waals surface area contributed by atoms with Crippen LogP contribution in [0.1, 0.15) is 5.82 Å². The zero-order valence-electron chi connectivity index (χ0n) is 12.3. The van der Waals surface area contributed by atoms with Crippen LogP contribution in [0.15, 0.2) is 35.4 Å². The second kappa shape index (κ2) is 5.40. The maximum atomic E-state index is 12.4. The predicted octanol–water partition coefficient (Wildman–Crippen LogP) is 0.278. The first-order valence-corrected chi connectivity index (χ1v) is 6.66. The molecule has 0 aliphatic carbocycles. The average molecular weight is 297 g/mol. The summed E-state index contributed by atoms with van der Waals surface area (Å²) in [5.41, 5.74) is 6.21. The van der Waals surface area contributed by atoms with Crippen LogP contribution in [0.4, 0.5) is 11.9 Å². The molecule has 0 fully saturated rings. The highest BCUT2D eigenvalue weighted by molar-refractivity contribution is 5.76. The van der Waals surface area contributed by atoms with Gasteiger partial charge >= 0.3 is 0 Å². The van der Waals surface area contributed by atoms with Crippen molar-refractivity contribution in [2.45, 2.75) is 6.54 Å². The third kappa shape index (κ3) is 2.58. The minimum absolute atomic E-state index is 0.121. The summed E-state index contributed by atoms with van der Waals surface area (Å²) in [5, 5.41) is 0.555. The van der Waals surface area contributed by atoms with Gasteiger partial charge in [0.25, 0.3) is 5.56 Å². The summed E-state index contributed by atoms with van der Waals surface area (Å²) >= 11 is 0. The number of nitrogens with zero attached hydrogens (tertiary/aromatic N) is 6. The van der Waals surface area contributed by atoms with Crippen molar-refractivity contribution in [3.05, 3.63) is 46.8 Å². The van der Waals surface area contributed by atoms with E-state index in [2.05, 4.69) is 19.9 Å². The maximum absolute atomic E-state index is 12.4. The Morgan fingerprint density at radius 2 is 1.95 bits per heavy atom. The lowest BCUT2D eigenvalue weighted by atomic mass is 10.2. The molecular weight excluding hydrogens is 282 g/mol. The number of aromatic nitrogens is 5. The smallest absolute Gasteiger partial charge is 0.261 e. The van der Waals surface area contributed by atoms with Gasteiger partial charge in [0.1, 0.15) is 0 Å². The fourth-order valence-electron chi connectivity index (χ4n) is 2.07. The van der Waals surface area contributed by atoms with E-state index in [-0.39, 0.29) is 18.1 Å². The average Bonchev–Trinajstić information content (AvgIpc) is 2.50. The summed E-state index contributed by atoms with van der Waals surface area (Å²) in [7, 11) is 3.62. The fraction of sp³-hybridized carbons (Fsp3) is 0.214. The lowest BCUT2D eigenvalue weighted by Crippen LogP contribution is -2.23. The van der Waals surface area contributed by atoms with Crippen LogP contribution in [-0.4, -0.2) is 38.6 Å². The molecule has 0 bridgehead atoms. The molecule has 0 saturated carbocycles. The van der Waals surface area contributed by atoms with Gasteiger partial charge in [0.05, 0.1) is 23.8 Å². The second-order valence-electron chi connectivity index (χ2n) is 5.00. The molecule has 0 spiro atoms. The summed E-state index contributed by atoms with van der Waals surface area (Å²) in [4.78, 5) is 30.8. The number of fused-ring (bicyclic) bond motifs is 1. The van der Waals surface area contributed by atoms with E-state index < -0.39 is 0 Å². The molecule has 3 aromatic rings. The molecule has 8 nitrogen and oxygen atoms in total. The van der Waals surface area contributed by atoms with Crippen LogP contribution < -0.4 is 16.2 Å². The number of hydrogen-bond acceptors (Lipinski definition) is 7. The molecule has 0 saturated heterocycles. The van der Waals surface area contributed by atoms with Gasteiger partial charge in [0, 0.05) is 14.1 Å². The lowest BCUT2D eigenvalue weighted by molar-refractivity contribution is 0.700. The minimum Gasteiger partial charge on any atom is -0.368 e. The van der Waals surface area contributed by atoms with Crippen molar-refractivity contribution in [1.82, 2.24) is 24.5 Å². The first kappa shape index (κ1) is 13.9. The Labute approximate surface area is 126 Å². The molecular formula is C14H15N7O. The van der Waals surface area contributed by atoms with Crippen molar-refractivity contribution >= 4 is 22.8 Å². The van der Waals surface area contributed by atoms with Gasteiger partial charge < -0.3 is 10.6 Å². The monoisotopic (exact) mass is 297 g/mol. The molecule has 0 amide bonds. The number of hydrogen-bond donors (Lipinski definition) is 1. The molecule has 8 heteroatoms. The molecule has 2 heterocycles. The zero-order valence-corrected chi connectivity index (χ0v) is 12.3. The Hall–Kier alpha value is -3.03. The largest absolute Gasteiger partial charge is 0.368 e. The van der Waals surface area contributed by atoms with Crippen LogP contribution >= 0.6 is 0 Å². The molecule has 0 aliphatic heterocycles. The van der Waals surface area contributed by atoms with Crippen molar-refractivity contribution in [2.75, 3.05) is 24.7 Å². The van der Waals surface area contributed by atoms with Crippen LogP contribution in [0.2, 0.25) is 0 Å². The van der Waals surface area contributed by atoms with E-state index >= 15 is 0 Å². The molecule has 22 heavy (non-hydrogen) atoms. The SMILES string of the molecule is CN(C)c1nc(N)nc(Cn2cnc3ccccc3c2=O)n1. The van der Waals surface area contributed by atoms with Crippen molar-refractivity contribution in [3.8, 4) is 0 Å². The molecule has 1 aromatic carbocycles. The van der Waals surface area contributed by atoms with E-state index in [1.165, 1.54) is 10.9 Å².